The quantitative estimate of drug-likeness (QED) is 0.721. The van der Waals surface area contributed by atoms with E-state index < -0.39 is 0 Å². The molecule has 0 atom stereocenters. The first-order valence-electron chi connectivity index (χ1n) is 8.49. The van der Waals surface area contributed by atoms with Crippen LogP contribution in [0.15, 0.2) is 66.9 Å². The second-order valence-electron chi connectivity index (χ2n) is 5.76. The Bertz CT molecular complexity index is 812. The topological polar surface area (TPSA) is 59.0 Å². The van der Waals surface area contributed by atoms with E-state index in [1.807, 2.05) is 78.5 Å². The lowest BCUT2D eigenvalue weighted by Crippen LogP contribution is -2.35. The fraction of sp³-hybridized carbons (Fsp3) is 0.200. The number of hydrogen-bond donors (Lipinski definition) is 2. The zero-order valence-electron chi connectivity index (χ0n) is 14.3. The van der Waals surface area contributed by atoms with Gasteiger partial charge in [0.15, 0.2) is 0 Å². The monoisotopic (exact) mass is 334 g/mol. The maximum absolute atomic E-state index is 11.9. The SMILES string of the molecule is CCCNC(=O)NCc1cn(-c2ccccc2)nc1-c1ccccc1. The third-order valence-electron chi connectivity index (χ3n) is 3.83. The Labute approximate surface area is 147 Å². The maximum Gasteiger partial charge on any atom is 0.315 e. The first kappa shape index (κ1) is 16.8. The number of nitrogens with one attached hydrogen (secondary N) is 2. The molecule has 1 heterocycles. The number of hydrogen-bond acceptors (Lipinski definition) is 2. The fourth-order valence-corrected chi connectivity index (χ4v) is 2.57. The minimum absolute atomic E-state index is 0.159. The molecule has 0 bridgehead atoms. The van der Waals surface area contributed by atoms with Gasteiger partial charge in [-0.2, -0.15) is 5.10 Å². The molecular weight excluding hydrogens is 312 g/mol. The van der Waals surface area contributed by atoms with Crippen molar-refractivity contribution in [2.24, 2.45) is 0 Å². The smallest absolute Gasteiger partial charge is 0.315 e. The predicted octanol–water partition coefficient (Wildman–Crippen LogP) is 3.75. The average Bonchev–Trinajstić information content (AvgIpc) is 3.10. The van der Waals surface area contributed by atoms with Crippen LogP contribution in [0.2, 0.25) is 0 Å². The van der Waals surface area contributed by atoms with Gasteiger partial charge in [-0.15, -0.1) is 0 Å². The van der Waals surface area contributed by atoms with Crippen LogP contribution >= 0.6 is 0 Å². The fourth-order valence-electron chi connectivity index (χ4n) is 2.57. The van der Waals surface area contributed by atoms with Gasteiger partial charge in [-0.1, -0.05) is 55.5 Å². The molecular formula is C20H22N4O. The van der Waals surface area contributed by atoms with E-state index >= 15 is 0 Å². The molecule has 0 aliphatic rings. The molecule has 0 radical (unpaired) electrons. The molecule has 0 unspecified atom stereocenters. The van der Waals surface area contributed by atoms with Crippen LogP contribution in [0.5, 0.6) is 0 Å². The lowest BCUT2D eigenvalue weighted by molar-refractivity contribution is 0.240. The van der Waals surface area contributed by atoms with Gasteiger partial charge in [0.1, 0.15) is 0 Å². The molecule has 3 rings (SSSR count). The molecule has 2 amide bonds. The second-order valence-corrected chi connectivity index (χ2v) is 5.76. The van der Waals surface area contributed by atoms with Crippen molar-refractivity contribution >= 4 is 6.03 Å². The van der Waals surface area contributed by atoms with Crippen LogP contribution in [-0.4, -0.2) is 22.4 Å². The maximum atomic E-state index is 11.9. The average molecular weight is 334 g/mol. The molecule has 2 N–H and O–H groups in total. The highest BCUT2D eigenvalue weighted by molar-refractivity contribution is 5.74. The zero-order chi connectivity index (χ0) is 17.5. The van der Waals surface area contributed by atoms with E-state index in [1.165, 1.54) is 0 Å². The molecule has 0 spiro atoms. The normalized spacial score (nSPS) is 10.4. The third kappa shape index (κ3) is 4.26. The highest BCUT2D eigenvalue weighted by atomic mass is 16.2. The summed E-state index contributed by atoms with van der Waals surface area (Å²) in [6, 6.07) is 19.8. The lowest BCUT2D eigenvalue weighted by atomic mass is 10.1. The van der Waals surface area contributed by atoms with E-state index in [4.69, 9.17) is 5.10 Å². The van der Waals surface area contributed by atoms with E-state index in [1.54, 1.807) is 0 Å². The van der Waals surface area contributed by atoms with Gasteiger partial charge in [0.2, 0.25) is 0 Å². The lowest BCUT2D eigenvalue weighted by Gasteiger charge is -2.06. The van der Waals surface area contributed by atoms with Crippen molar-refractivity contribution in [1.29, 1.82) is 0 Å². The summed E-state index contributed by atoms with van der Waals surface area (Å²) < 4.78 is 1.85. The van der Waals surface area contributed by atoms with Gasteiger partial charge in [0.05, 0.1) is 11.4 Å². The van der Waals surface area contributed by atoms with E-state index in [2.05, 4.69) is 10.6 Å². The van der Waals surface area contributed by atoms with Gasteiger partial charge >= 0.3 is 6.03 Å². The second kappa shape index (κ2) is 8.15. The number of nitrogens with zero attached hydrogens (tertiary/aromatic N) is 2. The molecule has 0 aliphatic heterocycles. The molecule has 25 heavy (non-hydrogen) atoms. The summed E-state index contributed by atoms with van der Waals surface area (Å²) in [6.07, 6.45) is 2.88. The van der Waals surface area contributed by atoms with Crippen molar-refractivity contribution in [3.8, 4) is 16.9 Å². The molecule has 128 valence electrons. The van der Waals surface area contributed by atoms with Crippen molar-refractivity contribution in [2.45, 2.75) is 19.9 Å². The highest BCUT2D eigenvalue weighted by Gasteiger charge is 2.13. The van der Waals surface area contributed by atoms with Crippen LogP contribution in [-0.2, 0) is 6.54 Å². The van der Waals surface area contributed by atoms with Crippen molar-refractivity contribution < 1.29 is 4.79 Å². The molecule has 0 saturated heterocycles. The minimum atomic E-state index is -0.159. The van der Waals surface area contributed by atoms with Crippen molar-refractivity contribution in [3.05, 3.63) is 72.4 Å². The van der Waals surface area contributed by atoms with Gasteiger partial charge in [0, 0.05) is 30.4 Å². The van der Waals surface area contributed by atoms with Gasteiger partial charge in [-0.3, -0.25) is 0 Å². The Morgan fingerprint density at radius 2 is 1.68 bits per heavy atom. The Kier molecular flexibility index (Phi) is 5.46. The Morgan fingerprint density at radius 3 is 2.36 bits per heavy atom. The molecule has 5 heteroatoms. The van der Waals surface area contributed by atoms with E-state index in [-0.39, 0.29) is 6.03 Å². The predicted molar refractivity (Wildman–Crippen MR) is 99.5 cm³/mol. The van der Waals surface area contributed by atoms with Crippen LogP contribution in [0.1, 0.15) is 18.9 Å². The summed E-state index contributed by atoms with van der Waals surface area (Å²) in [5, 5.41) is 10.5. The molecule has 0 aliphatic carbocycles. The number of rotatable bonds is 6. The van der Waals surface area contributed by atoms with E-state index in [0.29, 0.717) is 13.1 Å². The number of benzene rings is 2. The van der Waals surface area contributed by atoms with Gasteiger partial charge < -0.3 is 10.6 Å². The summed E-state index contributed by atoms with van der Waals surface area (Å²) in [4.78, 5) is 11.9. The molecule has 3 aromatic rings. The summed E-state index contributed by atoms with van der Waals surface area (Å²) in [5.41, 5.74) is 3.87. The van der Waals surface area contributed by atoms with Crippen molar-refractivity contribution in [3.63, 3.8) is 0 Å². The highest BCUT2D eigenvalue weighted by Crippen LogP contribution is 2.23. The Balaban J connectivity index is 1.87. The number of amides is 2. The van der Waals surface area contributed by atoms with Gasteiger partial charge in [-0.25, -0.2) is 9.48 Å². The molecule has 2 aromatic carbocycles. The van der Waals surface area contributed by atoms with Crippen LogP contribution in [0.25, 0.3) is 16.9 Å². The van der Waals surface area contributed by atoms with Gasteiger partial charge in [0.25, 0.3) is 0 Å². The summed E-state index contributed by atoms with van der Waals surface area (Å²) in [5.74, 6) is 0. The molecule has 0 saturated carbocycles. The number of carbonyl (C=O) groups excluding carboxylic acids is 1. The first-order chi connectivity index (χ1) is 12.3. The van der Waals surface area contributed by atoms with E-state index in [0.717, 1.165) is 28.9 Å². The molecule has 5 nitrogen and oxygen atoms in total. The van der Waals surface area contributed by atoms with E-state index in [9.17, 15) is 4.79 Å². The summed E-state index contributed by atoms with van der Waals surface area (Å²) in [6.45, 7) is 3.12. The Hall–Kier alpha value is -3.08. The zero-order valence-corrected chi connectivity index (χ0v) is 14.3. The Morgan fingerprint density at radius 1 is 1.00 bits per heavy atom. The van der Waals surface area contributed by atoms with Crippen molar-refractivity contribution in [2.75, 3.05) is 6.54 Å². The summed E-state index contributed by atoms with van der Waals surface area (Å²) in [7, 11) is 0. The summed E-state index contributed by atoms with van der Waals surface area (Å²) >= 11 is 0. The number of urea groups is 1. The van der Waals surface area contributed by atoms with Crippen LogP contribution < -0.4 is 10.6 Å². The van der Waals surface area contributed by atoms with Crippen LogP contribution in [0.3, 0.4) is 0 Å². The molecule has 0 fully saturated rings. The number of para-hydroxylation sites is 1. The standard InChI is InChI=1S/C20H22N4O/c1-2-13-21-20(25)22-14-17-15-24(18-11-7-4-8-12-18)23-19(17)16-9-5-3-6-10-16/h3-12,15H,2,13-14H2,1H3,(H2,21,22,25). The van der Waals surface area contributed by atoms with Crippen LogP contribution in [0.4, 0.5) is 4.79 Å². The van der Waals surface area contributed by atoms with Crippen LogP contribution in [0, 0.1) is 0 Å². The number of carbonyl (C=O) groups is 1. The minimum Gasteiger partial charge on any atom is -0.338 e. The number of aromatic nitrogens is 2. The third-order valence-corrected chi connectivity index (χ3v) is 3.83. The van der Waals surface area contributed by atoms with Gasteiger partial charge in [-0.05, 0) is 18.6 Å². The first-order valence-corrected chi connectivity index (χ1v) is 8.49. The van der Waals surface area contributed by atoms with Crippen molar-refractivity contribution in [1.82, 2.24) is 20.4 Å². The molecule has 1 aromatic heterocycles. The largest absolute Gasteiger partial charge is 0.338 e.